The Hall–Kier alpha value is -1.71. The molecule has 2 nitrogen and oxygen atoms in total. The summed E-state index contributed by atoms with van der Waals surface area (Å²) in [4.78, 5) is 4.48. The SMILES string of the molecule is CCCNC(c1cscc1C)c1cccc2ncccc12. The standard InChI is InChI=1S/C18H20N2S/c1-3-9-20-18(16-12-21-11-13(16)2)15-6-4-8-17-14(15)7-5-10-19-17/h4-8,10-12,18,20H,3,9H2,1-2H3. The van der Waals surface area contributed by atoms with Crippen LogP contribution < -0.4 is 5.32 Å². The Morgan fingerprint density at radius 2 is 2.05 bits per heavy atom. The van der Waals surface area contributed by atoms with Crippen LogP contribution in [0.4, 0.5) is 0 Å². The maximum atomic E-state index is 4.48. The lowest BCUT2D eigenvalue weighted by atomic mass is 9.95. The van der Waals surface area contributed by atoms with E-state index in [1.807, 2.05) is 12.3 Å². The molecule has 2 aromatic heterocycles. The van der Waals surface area contributed by atoms with Gasteiger partial charge in [0.1, 0.15) is 0 Å². The molecule has 0 aliphatic heterocycles. The molecule has 0 amide bonds. The molecule has 1 atom stereocenters. The number of rotatable bonds is 5. The van der Waals surface area contributed by atoms with E-state index in [1.165, 1.54) is 22.1 Å². The number of fused-ring (bicyclic) bond motifs is 1. The molecule has 21 heavy (non-hydrogen) atoms. The zero-order valence-electron chi connectivity index (χ0n) is 12.5. The van der Waals surface area contributed by atoms with E-state index >= 15 is 0 Å². The van der Waals surface area contributed by atoms with Crippen LogP contribution in [0, 0.1) is 6.92 Å². The van der Waals surface area contributed by atoms with Crippen molar-refractivity contribution >= 4 is 22.2 Å². The number of pyridine rings is 1. The van der Waals surface area contributed by atoms with Crippen molar-refractivity contribution < 1.29 is 0 Å². The molecule has 108 valence electrons. The van der Waals surface area contributed by atoms with Gasteiger partial charge in [-0.1, -0.05) is 25.1 Å². The van der Waals surface area contributed by atoms with Gasteiger partial charge in [-0.3, -0.25) is 4.98 Å². The van der Waals surface area contributed by atoms with Crippen LogP contribution in [0.3, 0.4) is 0 Å². The summed E-state index contributed by atoms with van der Waals surface area (Å²) >= 11 is 1.77. The quantitative estimate of drug-likeness (QED) is 0.738. The predicted molar refractivity (Wildman–Crippen MR) is 90.9 cm³/mol. The molecular formula is C18H20N2S. The molecule has 3 rings (SSSR count). The van der Waals surface area contributed by atoms with E-state index in [9.17, 15) is 0 Å². The molecule has 0 saturated carbocycles. The van der Waals surface area contributed by atoms with Crippen molar-refractivity contribution in [1.29, 1.82) is 0 Å². The van der Waals surface area contributed by atoms with E-state index in [0.717, 1.165) is 18.5 Å². The average molecular weight is 296 g/mol. The van der Waals surface area contributed by atoms with Gasteiger partial charge in [0, 0.05) is 11.6 Å². The predicted octanol–water partition coefficient (Wildman–Crippen LogP) is 4.69. The van der Waals surface area contributed by atoms with Crippen molar-refractivity contribution in [2.24, 2.45) is 0 Å². The summed E-state index contributed by atoms with van der Waals surface area (Å²) in [5, 5.41) is 9.42. The Balaban J connectivity index is 2.12. The molecule has 1 unspecified atom stereocenters. The highest BCUT2D eigenvalue weighted by atomic mass is 32.1. The van der Waals surface area contributed by atoms with Crippen LogP contribution >= 0.6 is 11.3 Å². The minimum absolute atomic E-state index is 0.240. The minimum atomic E-state index is 0.240. The summed E-state index contributed by atoms with van der Waals surface area (Å²) in [7, 11) is 0. The van der Waals surface area contributed by atoms with Crippen LogP contribution in [0.25, 0.3) is 10.9 Å². The van der Waals surface area contributed by atoms with E-state index in [1.54, 1.807) is 11.3 Å². The monoisotopic (exact) mass is 296 g/mol. The van der Waals surface area contributed by atoms with Gasteiger partial charge in [0.25, 0.3) is 0 Å². The third kappa shape index (κ3) is 2.85. The zero-order chi connectivity index (χ0) is 14.7. The summed E-state index contributed by atoms with van der Waals surface area (Å²) in [6.45, 7) is 5.40. The molecule has 0 spiro atoms. The summed E-state index contributed by atoms with van der Waals surface area (Å²) in [6.07, 6.45) is 2.99. The largest absolute Gasteiger partial charge is 0.306 e. The van der Waals surface area contributed by atoms with E-state index in [-0.39, 0.29) is 6.04 Å². The number of benzene rings is 1. The summed E-state index contributed by atoms with van der Waals surface area (Å²) < 4.78 is 0. The van der Waals surface area contributed by atoms with E-state index < -0.39 is 0 Å². The molecule has 2 heterocycles. The van der Waals surface area contributed by atoms with Crippen molar-refractivity contribution in [3.63, 3.8) is 0 Å². The average Bonchev–Trinajstić information content (AvgIpc) is 2.94. The van der Waals surface area contributed by atoms with Crippen LogP contribution in [0.5, 0.6) is 0 Å². The number of aromatic nitrogens is 1. The first-order chi connectivity index (χ1) is 10.3. The van der Waals surface area contributed by atoms with Crippen molar-refractivity contribution in [2.45, 2.75) is 26.3 Å². The number of hydrogen-bond donors (Lipinski definition) is 1. The molecular weight excluding hydrogens is 276 g/mol. The van der Waals surface area contributed by atoms with Gasteiger partial charge in [-0.15, -0.1) is 0 Å². The van der Waals surface area contributed by atoms with Gasteiger partial charge in [0.15, 0.2) is 0 Å². The molecule has 0 aliphatic carbocycles. The fourth-order valence-electron chi connectivity index (χ4n) is 2.72. The normalized spacial score (nSPS) is 12.7. The Morgan fingerprint density at radius 1 is 1.14 bits per heavy atom. The zero-order valence-corrected chi connectivity index (χ0v) is 13.3. The minimum Gasteiger partial charge on any atom is -0.306 e. The van der Waals surface area contributed by atoms with Gasteiger partial charge in [0.2, 0.25) is 0 Å². The fraction of sp³-hybridized carbons (Fsp3) is 0.278. The molecule has 0 fully saturated rings. The van der Waals surface area contributed by atoms with Crippen molar-refractivity contribution in [1.82, 2.24) is 10.3 Å². The third-order valence-electron chi connectivity index (χ3n) is 3.80. The number of thiophene rings is 1. The smallest absolute Gasteiger partial charge is 0.0705 e. The first-order valence-electron chi connectivity index (χ1n) is 7.41. The maximum absolute atomic E-state index is 4.48. The second kappa shape index (κ2) is 6.37. The van der Waals surface area contributed by atoms with Crippen molar-refractivity contribution in [2.75, 3.05) is 6.54 Å². The Labute approximate surface area is 129 Å². The highest BCUT2D eigenvalue weighted by molar-refractivity contribution is 7.08. The van der Waals surface area contributed by atoms with Gasteiger partial charge in [-0.25, -0.2) is 0 Å². The lowest BCUT2D eigenvalue weighted by Gasteiger charge is -2.21. The number of hydrogen-bond acceptors (Lipinski definition) is 3. The first-order valence-corrected chi connectivity index (χ1v) is 8.35. The van der Waals surface area contributed by atoms with Crippen LogP contribution in [-0.2, 0) is 0 Å². The number of nitrogens with zero attached hydrogens (tertiary/aromatic N) is 1. The lowest BCUT2D eigenvalue weighted by molar-refractivity contribution is 0.601. The molecule has 0 radical (unpaired) electrons. The van der Waals surface area contributed by atoms with Crippen LogP contribution in [0.2, 0.25) is 0 Å². The van der Waals surface area contributed by atoms with Crippen molar-refractivity contribution in [3.8, 4) is 0 Å². The maximum Gasteiger partial charge on any atom is 0.0705 e. The molecule has 3 heteroatoms. The van der Waals surface area contributed by atoms with Crippen LogP contribution in [0.1, 0.15) is 36.1 Å². The number of aryl methyl sites for hydroxylation is 1. The topological polar surface area (TPSA) is 24.9 Å². The van der Waals surface area contributed by atoms with Gasteiger partial charge in [-0.2, -0.15) is 11.3 Å². The van der Waals surface area contributed by atoms with E-state index in [4.69, 9.17) is 0 Å². The molecule has 1 aromatic carbocycles. The first kappa shape index (κ1) is 14.2. The Kier molecular flexibility index (Phi) is 4.32. The van der Waals surface area contributed by atoms with E-state index in [0.29, 0.717) is 0 Å². The lowest BCUT2D eigenvalue weighted by Crippen LogP contribution is -2.23. The molecule has 0 aliphatic rings. The second-order valence-electron chi connectivity index (χ2n) is 5.31. The summed E-state index contributed by atoms with van der Waals surface area (Å²) in [5.74, 6) is 0. The molecule has 3 aromatic rings. The summed E-state index contributed by atoms with van der Waals surface area (Å²) in [5.41, 5.74) is 5.11. The summed E-state index contributed by atoms with van der Waals surface area (Å²) in [6, 6.07) is 10.8. The fourth-order valence-corrected chi connectivity index (χ4v) is 3.60. The third-order valence-corrected chi connectivity index (χ3v) is 4.67. The van der Waals surface area contributed by atoms with Gasteiger partial charge in [-0.05, 0) is 59.5 Å². The molecule has 1 N–H and O–H groups in total. The van der Waals surface area contributed by atoms with Crippen LogP contribution in [-0.4, -0.2) is 11.5 Å². The Bertz CT molecular complexity index is 727. The van der Waals surface area contributed by atoms with Gasteiger partial charge in [0.05, 0.1) is 11.6 Å². The van der Waals surface area contributed by atoms with E-state index in [2.05, 4.69) is 59.2 Å². The number of nitrogens with one attached hydrogen (secondary N) is 1. The van der Waals surface area contributed by atoms with Crippen LogP contribution in [0.15, 0.2) is 47.3 Å². The van der Waals surface area contributed by atoms with Gasteiger partial charge >= 0.3 is 0 Å². The highest BCUT2D eigenvalue weighted by Gasteiger charge is 2.18. The second-order valence-corrected chi connectivity index (χ2v) is 6.06. The molecule has 0 bridgehead atoms. The molecule has 0 saturated heterocycles. The highest BCUT2D eigenvalue weighted by Crippen LogP contribution is 2.31. The van der Waals surface area contributed by atoms with Gasteiger partial charge < -0.3 is 5.32 Å². The Morgan fingerprint density at radius 3 is 2.81 bits per heavy atom. The van der Waals surface area contributed by atoms with Crippen molar-refractivity contribution in [3.05, 3.63) is 64.0 Å².